The summed E-state index contributed by atoms with van der Waals surface area (Å²) in [5.74, 6) is 0.330. The van der Waals surface area contributed by atoms with Crippen LogP contribution < -0.4 is 5.73 Å². The largest absolute Gasteiger partial charge is 0.382 e. The van der Waals surface area contributed by atoms with Gasteiger partial charge in [-0.15, -0.1) is 10.2 Å². The van der Waals surface area contributed by atoms with Gasteiger partial charge in [0, 0.05) is 0 Å². The molecule has 0 aromatic heterocycles. The molecule has 0 atom stereocenters. The minimum atomic E-state index is 0.125. The quantitative estimate of drug-likeness (QED) is 0.469. The van der Waals surface area contributed by atoms with Crippen molar-refractivity contribution in [2.24, 2.45) is 16.0 Å². The van der Waals surface area contributed by atoms with Crippen molar-refractivity contribution in [1.82, 2.24) is 0 Å². The molecule has 0 aliphatic carbocycles. The number of rotatable bonds is 2. The Morgan fingerprint density at radius 2 is 2.22 bits per heavy atom. The van der Waals surface area contributed by atoms with Gasteiger partial charge in [0.1, 0.15) is 11.0 Å². The third-order valence-corrected chi connectivity index (χ3v) is 0.645. The van der Waals surface area contributed by atoms with Gasteiger partial charge in [0.2, 0.25) is 0 Å². The smallest absolute Gasteiger partial charge is 0.144 e. The molecule has 0 rings (SSSR count). The molecule has 0 amide bonds. The molecule has 0 aliphatic rings. The second-order valence-corrected chi connectivity index (χ2v) is 1.73. The monoisotopic (exact) mass is 145 g/mol. The summed E-state index contributed by atoms with van der Waals surface area (Å²) in [4.78, 5) is 0. The number of allylic oxidation sites excluding steroid dienone is 1. The van der Waals surface area contributed by atoms with E-state index in [9.17, 15) is 0 Å². The second-order valence-electron chi connectivity index (χ2n) is 1.29. The molecule has 0 spiro atoms. The molecule has 0 saturated carbocycles. The number of nitrogens with two attached hydrogens (primary N) is 1. The normalized spacial score (nSPS) is 12.4. The lowest BCUT2D eigenvalue weighted by Crippen LogP contribution is -1.89. The summed E-state index contributed by atoms with van der Waals surface area (Å²) in [5, 5.41) is 7.00. The summed E-state index contributed by atoms with van der Waals surface area (Å²) in [5.41, 5.74) is 5.22. The molecule has 0 aromatic rings. The lowest BCUT2D eigenvalue weighted by Gasteiger charge is -1.84. The van der Waals surface area contributed by atoms with Crippen molar-refractivity contribution in [1.29, 1.82) is 0 Å². The van der Waals surface area contributed by atoms with Gasteiger partial charge in [-0.25, -0.2) is 0 Å². The topological polar surface area (TPSA) is 50.7 Å². The Balaban J connectivity index is 3.86. The van der Waals surface area contributed by atoms with Crippen molar-refractivity contribution in [3.05, 3.63) is 23.6 Å². The molecule has 0 aromatic carbocycles. The summed E-state index contributed by atoms with van der Waals surface area (Å²) < 4.78 is 0. The third kappa shape index (κ3) is 5.03. The van der Waals surface area contributed by atoms with Crippen LogP contribution in [0.3, 0.4) is 0 Å². The Hall–Kier alpha value is -0.830. The van der Waals surface area contributed by atoms with E-state index in [0.717, 1.165) is 0 Å². The number of hydrogen-bond donors (Lipinski definition) is 1. The maximum atomic E-state index is 5.24. The number of halogens is 1. The second kappa shape index (κ2) is 4.09. The summed E-state index contributed by atoms with van der Waals surface area (Å²) in [6.45, 7) is 5.04. The van der Waals surface area contributed by atoms with E-state index in [4.69, 9.17) is 17.3 Å². The molecule has 0 fully saturated rings. The molecule has 4 heteroatoms. The van der Waals surface area contributed by atoms with Crippen molar-refractivity contribution in [3.63, 3.8) is 0 Å². The SMILES string of the molecule is C=C(Cl)N=N/C(N)=C\C. The summed E-state index contributed by atoms with van der Waals surface area (Å²) in [6, 6.07) is 0. The zero-order valence-electron chi connectivity index (χ0n) is 5.13. The van der Waals surface area contributed by atoms with E-state index in [-0.39, 0.29) is 5.16 Å². The highest BCUT2D eigenvalue weighted by molar-refractivity contribution is 6.28. The van der Waals surface area contributed by atoms with Crippen LogP contribution in [0.4, 0.5) is 0 Å². The van der Waals surface area contributed by atoms with E-state index in [2.05, 4.69) is 16.8 Å². The molecule has 0 bridgehead atoms. The van der Waals surface area contributed by atoms with E-state index in [0.29, 0.717) is 5.82 Å². The molecule has 9 heavy (non-hydrogen) atoms. The molecule has 3 nitrogen and oxygen atoms in total. The predicted molar refractivity (Wildman–Crippen MR) is 37.8 cm³/mol. The van der Waals surface area contributed by atoms with Crippen LogP contribution in [0, 0.1) is 0 Å². The van der Waals surface area contributed by atoms with Gasteiger partial charge >= 0.3 is 0 Å². The summed E-state index contributed by atoms with van der Waals surface area (Å²) in [6.07, 6.45) is 1.61. The van der Waals surface area contributed by atoms with Crippen LogP contribution in [0.1, 0.15) is 6.92 Å². The van der Waals surface area contributed by atoms with Crippen LogP contribution in [0.25, 0.3) is 0 Å². The molecule has 0 heterocycles. The molecule has 0 saturated heterocycles. The van der Waals surface area contributed by atoms with Gasteiger partial charge in [0.25, 0.3) is 0 Å². The van der Waals surface area contributed by atoms with Gasteiger partial charge in [-0.05, 0) is 13.0 Å². The summed E-state index contributed by atoms with van der Waals surface area (Å²) in [7, 11) is 0. The Bertz CT molecular complexity index is 160. The fourth-order valence-corrected chi connectivity index (χ4v) is 0.208. The van der Waals surface area contributed by atoms with Gasteiger partial charge in [-0.1, -0.05) is 18.2 Å². The van der Waals surface area contributed by atoms with Crippen LogP contribution in [-0.4, -0.2) is 0 Å². The average molecular weight is 146 g/mol. The van der Waals surface area contributed by atoms with Crippen LogP contribution in [0.2, 0.25) is 0 Å². The van der Waals surface area contributed by atoms with Gasteiger partial charge in [-0.2, -0.15) is 0 Å². The number of azo groups is 1. The number of nitrogens with zero attached hydrogens (tertiary/aromatic N) is 2. The Labute approximate surface area is 58.9 Å². The zero-order valence-corrected chi connectivity index (χ0v) is 5.89. The van der Waals surface area contributed by atoms with Crippen molar-refractivity contribution in [2.75, 3.05) is 0 Å². The lowest BCUT2D eigenvalue weighted by molar-refractivity contribution is 1.08. The maximum absolute atomic E-state index is 5.24. The standard InChI is InChI=1S/C5H8ClN3/c1-3-5(7)9-8-4(2)6/h3H,2,7H2,1H3/b5-3-,9-8?. The van der Waals surface area contributed by atoms with Gasteiger partial charge in [0.15, 0.2) is 0 Å². The molecule has 50 valence electrons. The zero-order chi connectivity index (χ0) is 7.28. The highest BCUT2D eigenvalue weighted by Gasteiger charge is 1.80. The van der Waals surface area contributed by atoms with Crippen molar-refractivity contribution in [3.8, 4) is 0 Å². The van der Waals surface area contributed by atoms with Gasteiger partial charge < -0.3 is 5.73 Å². The average Bonchev–Trinajstić information content (AvgIpc) is 1.83. The Morgan fingerprint density at radius 1 is 1.67 bits per heavy atom. The fraction of sp³-hybridized carbons (Fsp3) is 0.200. The van der Waals surface area contributed by atoms with Gasteiger partial charge in [0.05, 0.1) is 0 Å². The molecular weight excluding hydrogens is 138 g/mol. The van der Waals surface area contributed by atoms with Crippen molar-refractivity contribution < 1.29 is 0 Å². The van der Waals surface area contributed by atoms with E-state index < -0.39 is 0 Å². The first-order chi connectivity index (χ1) is 4.16. The fourth-order valence-electron chi connectivity index (χ4n) is 0.170. The van der Waals surface area contributed by atoms with Crippen molar-refractivity contribution >= 4 is 11.6 Å². The van der Waals surface area contributed by atoms with Crippen LogP contribution >= 0.6 is 11.6 Å². The van der Waals surface area contributed by atoms with E-state index in [1.54, 1.807) is 13.0 Å². The summed E-state index contributed by atoms with van der Waals surface area (Å²) >= 11 is 5.24. The first-order valence-electron chi connectivity index (χ1n) is 2.34. The minimum absolute atomic E-state index is 0.125. The van der Waals surface area contributed by atoms with Crippen LogP contribution in [0.5, 0.6) is 0 Å². The molecule has 2 N–H and O–H groups in total. The molecule has 0 aliphatic heterocycles. The third-order valence-electron chi connectivity index (χ3n) is 0.570. The lowest BCUT2D eigenvalue weighted by atomic mass is 10.6. The Morgan fingerprint density at radius 3 is 2.56 bits per heavy atom. The van der Waals surface area contributed by atoms with E-state index in [1.165, 1.54) is 0 Å². The first kappa shape index (κ1) is 8.17. The van der Waals surface area contributed by atoms with Crippen LogP contribution in [-0.2, 0) is 0 Å². The Kier molecular flexibility index (Phi) is 3.71. The first-order valence-corrected chi connectivity index (χ1v) is 2.72. The van der Waals surface area contributed by atoms with E-state index in [1.807, 2.05) is 0 Å². The maximum Gasteiger partial charge on any atom is 0.144 e. The van der Waals surface area contributed by atoms with Gasteiger partial charge in [-0.3, -0.25) is 0 Å². The van der Waals surface area contributed by atoms with Crippen molar-refractivity contribution in [2.45, 2.75) is 6.92 Å². The van der Waals surface area contributed by atoms with E-state index >= 15 is 0 Å². The highest BCUT2D eigenvalue weighted by atomic mass is 35.5. The number of hydrogen-bond acceptors (Lipinski definition) is 3. The molecule has 0 radical (unpaired) electrons. The molecular formula is C5H8ClN3. The minimum Gasteiger partial charge on any atom is -0.382 e. The van der Waals surface area contributed by atoms with Crippen LogP contribution in [0.15, 0.2) is 33.9 Å². The molecule has 0 unspecified atom stereocenters. The predicted octanol–water partition coefficient (Wildman–Crippen LogP) is 1.97. The highest BCUT2D eigenvalue weighted by Crippen LogP contribution is 1.99.